The van der Waals surface area contributed by atoms with E-state index in [-0.39, 0.29) is 19.4 Å². The molecule has 0 spiro atoms. The van der Waals surface area contributed by atoms with Crippen molar-refractivity contribution in [3.05, 3.63) is 146 Å². The van der Waals surface area contributed by atoms with Crippen LogP contribution in [0.1, 0.15) is 194 Å². The smallest absolute Gasteiger partial charge is 0.306 e. The molecule has 1 aliphatic heterocycles. The molecule has 77 heavy (non-hydrogen) atoms. The van der Waals surface area contributed by atoms with Gasteiger partial charge in [0.15, 0.2) is 12.4 Å². The number of aliphatic hydroxyl groups is 5. The Balaban J connectivity index is 2.79. The van der Waals surface area contributed by atoms with Gasteiger partial charge in [-0.2, -0.15) is 0 Å². The fraction of sp³-hybridized carbons (Fsp3) is 0.606. The number of rotatable bonds is 47. The largest absolute Gasteiger partial charge is 0.454 e. The van der Waals surface area contributed by atoms with Crippen LogP contribution in [-0.4, -0.2) is 99.6 Å². The number of hydrogen-bond donors (Lipinski definition) is 6. The van der Waals surface area contributed by atoms with Crippen LogP contribution in [-0.2, 0) is 23.8 Å². The first-order chi connectivity index (χ1) is 37.7. The number of nitrogens with one attached hydrogen (secondary N) is 1. The van der Waals surface area contributed by atoms with E-state index in [1.165, 1.54) is 51.4 Å². The van der Waals surface area contributed by atoms with Crippen molar-refractivity contribution < 1.29 is 49.3 Å². The minimum atomic E-state index is -1.65. The van der Waals surface area contributed by atoms with Crippen molar-refractivity contribution in [3.63, 3.8) is 0 Å². The van der Waals surface area contributed by atoms with E-state index in [0.717, 1.165) is 96.3 Å². The lowest BCUT2D eigenvalue weighted by molar-refractivity contribution is -0.305. The van der Waals surface area contributed by atoms with Gasteiger partial charge >= 0.3 is 5.97 Å². The molecule has 434 valence electrons. The van der Waals surface area contributed by atoms with E-state index in [1.54, 1.807) is 6.08 Å². The Kier molecular flexibility index (Phi) is 47.9. The summed E-state index contributed by atoms with van der Waals surface area (Å²) in [4.78, 5) is 26.5. The maximum absolute atomic E-state index is 13.4. The monoisotopic (exact) mass is 1070 g/mol. The second-order valence-corrected chi connectivity index (χ2v) is 19.8. The van der Waals surface area contributed by atoms with Crippen molar-refractivity contribution in [2.75, 3.05) is 13.2 Å². The fourth-order valence-corrected chi connectivity index (χ4v) is 8.24. The summed E-state index contributed by atoms with van der Waals surface area (Å²) in [6.07, 6.45) is 64.5. The van der Waals surface area contributed by atoms with Crippen LogP contribution in [0.3, 0.4) is 0 Å². The molecule has 11 nitrogen and oxygen atoms in total. The van der Waals surface area contributed by atoms with Crippen molar-refractivity contribution >= 4 is 11.9 Å². The molecule has 8 atom stereocenters. The van der Waals surface area contributed by atoms with Crippen molar-refractivity contribution in [3.8, 4) is 0 Å². The van der Waals surface area contributed by atoms with E-state index in [2.05, 4.69) is 92.9 Å². The number of carbonyl (C=O) groups excluding carboxylic acids is 2. The highest BCUT2D eigenvalue weighted by Gasteiger charge is 2.47. The third-order valence-corrected chi connectivity index (χ3v) is 12.9. The minimum absolute atomic E-state index is 0.0690. The Bertz CT molecular complexity index is 1800. The lowest BCUT2D eigenvalue weighted by Crippen LogP contribution is -2.61. The molecule has 11 heteroatoms. The molecule has 0 aromatic carbocycles. The first-order valence-electron chi connectivity index (χ1n) is 29.7. The third kappa shape index (κ3) is 40.4. The van der Waals surface area contributed by atoms with Crippen LogP contribution in [0.25, 0.3) is 0 Å². The average Bonchev–Trinajstić information content (AvgIpc) is 3.43. The fourth-order valence-electron chi connectivity index (χ4n) is 8.24. The van der Waals surface area contributed by atoms with Crippen molar-refractivity contribution in [1.29, 1.82) is 0 Å². The molecule has 1 saturated heterocycles. The normalized spacial score (nSPS) is 20.1. The SMILES string of the molecule is CC\C=C/C=C/C=C/C=C\C=C\C=C\CCCCC(O)C(=O)NC(COC1OC(CO)C(O)C(O)C1OC(=O)CCCCC/C=C\C/C=C\C/C=C\C/C=C\C/C=C\CC)C(O)/C=C/CCCCCCCCCCCCC. The molecule has 0 aromatic heterocycles. The third-order valence-electron chi connectivity index (χ3n) is 12.9. The van der Waals surface area contributed by atoms with Gasteiger partial charge in [0.25, 0.3) is 0 Å². The van der Waals surface area contributed by atoms with Crippen LogP contribution in [0.5, 0.6) is 0 Å². The van der Waals surface area contributed by atoms with Crippen molar-refractivity contribution in [2.45, 2.75) is 243 Å². The number of aliphatic hydroxyl groups excluding tert-OH is 5. The lowest BCUT2D eigenvalue weighted by atomic mass is 9.99. The van der Waals surface area contributed by atoms with E-state index in [9.17, 15) is 35.1 Å². The van der Waals surface area contributed by atoms with Crippen LogP contribution in [0.4, 0.5) is 0 Å². The zero-order chi connectivity index (χ0) is 56.1. The summed E-state index contributed by atoms with van der Waals surface area (Å²) in [7, 11) is 0. The van der Waals surface area contributed by atoms with Crippen molar-refractivity contribution in [1.82, 2.24) is 5.32 Å². The lowest BCUT2D eigenvalue weighted by Gasteiger charge is -2.41. The molecular weight excluding hydrogens is 967 g/mol. The van der Waals surface area contributed by atoms with Crippen molar-refractivity contribution in [2.24, 2.45) is 0 Å². The number of ether oxygens (including phenoxy) is 3. The maximum Gasteiger partial charge on any atom is 0.306 e. The Hall–Kier alpha value is -4.46. The molecule has 1 heterocycles. The first kappa shape index (κ1) is 70.6. The Morgan fingerprint density at radius 3 is 1.56 bits per heavy atom. The van der Waals surface area contributed by atoms with Crippen LogP contribution < -0.4 is 5.32 Å². The zero-order valence-corrected chi connectivity index (χ0v) is 47.8. The molecule has 0 aromatic rings. The van der Waals surface area contributed by atoms with E-state index in [0.29, 0.717) is 12.8 Å². The van der Waals surface area contributed by atoms with Crippen LogP contribution in [0.2, 0.25) is 0 Å². The van der Waals surface area contributed by atoms with Gasteiger partial charge in [-0.05, 0) is 89.9 Å². The van der Waals surface area contributed by atoms with E-state index >= 15 is 0 Å². The summed E-state index contributed by atoms with van der Waals surface area (Å²) in [5.41, 5.74) is 0. The molecule has 1 aliphatic rings. The number of unbranched alkanes of at least 4 members (excludes halogenated alkanes) is 16. The molecule has 0 bridgehead atoms. The number of amides is 1. The highest BCUT2D eigenvalue weighted by Crippen LogP contribution is 2.26. The highest BCUT2D eigenvalue weighted by molar-refractivity contribution is 5.80. The molecule has 8 unspecified atom stereocenters. The molecule has 0 saturated carbocycles. The van der Waals surface area contributed by atoms with Gasteiger partial charge in [0.05, 0.1) is 25.4 Å². The summed E-state index contributed by atoms with van der Waals surface area (Å²) in [5.74, 6) is -1.29. The summed E-state index contributed by atoms with van der Waals surface area (Å²) in [5, 5.41) is 56.9. The van der Waals surface area contributed by atoms with Gasteiger partial charge in [0.1, 0.15) is 24.4 Å². The van der Waals surface area contributed by atoms with Gasteiger partial charge in [0, 0.05) is 6.42 Å². The molecular formula is C66H105NO10. The van der Waals surface area contributed by atoms with E-state index in [4.69, 9.17) is 14.2 Å². The molecule has 1 amide bonds. The van der Waals surface area contributed by atoms with Gasteiger partial charge < -0.3 is 45.1 Å². The van der Waals surface area contributed by atoms with Gasteiger partial charge in [0.2, 0.25) is 5.91 Å². The first-order valence-corrected chi connectivity index (χ1v) is 29.7. The van der Waals surface area contributed by atoms with Crippen LogP contribution in [0, 0.1) is 0 Å². The topological polar surface area (TPSA) is 175 Å². The van der Waals surface area contributed by atoms with Gasteiger partial charge in [-0.1, -0.05) is 244 Å². The predicted octanol–water partition coefficient (Wildman–Crippen LogP) is 13.8. The number of esters is 1. The molecule has 6 N–H and O–H groups in total. The Labute approximate surface area is 466 Å². The molecule has 0 radical (unpaired) electrons. The average molecular weight is 1070 g/mol. The standard InChI is InChI=1S/C66H105NO10/c1-4-7-10-13-16-19-22-25-27-29-30-31-33-36-39-42-45-48-51-54-61(71)77-64-63(73)62(72)60(55-68)76-66(64)75-56-57(58(69)52-49-46-43-40-37-34-24-21-18-15-12-9-6-3)67-65(74)59(70)53-50-47-44-41-38-35-32-28-26-23-20-17-14-11-8-5-2/h7-8,10-11,14,16-17,19-20,23,25-28,30-32,35-36,38-39,41,49,52,57-60,62-64,66,68-70,72-73H,4-6,9,12-13,15,18,21-22,24,29,33-34,37,40,42-48,50-51,53-56H2,1-3H3,(H,67,74)/b10-7-,11-8-,17-14+,19-16-,23-20+,27-25-,28-26-,31-30-,35-32+,39-36-,41-38+,52-49+. The zero-order valence-electron chi connectivity index (χ0n) is 47.8. The molecule has 0 aliphatic carbocycles. The molecule has 1 rings (SSSR count). The maximum atomic E-state index is 13.4. The Morgan fingerprint density at radius 2 is 1.00 bits per heavy atom. The number of carbonyl (C=O) groups is 2. The Morgan fingerprint density at radius 1 is 0.532 bits per heavy atom. The summed E-state index contributed by atoms with van der Waals surface area (Å²) in [6, 6.07) is -1.07. The summed E-state index contributed by atoms with van der Waals surface area (Å²) in [6.45, 7) is 5.46. The number of allylic oxidation sites excluding steroid dienone is 23. The van der Waals surface area contributed by atoms with Gasteiger partial charge in [-0.15, -0.1) is 0 Å². The second kappa shape index (κ2) is 52.3. The summed E-state index contributed by atoms with van der Waals surface area (Å²) < 4.78 is 17.5. The number of hydrogen-bond acceptors (Lipinski definition) is 10. The van der Waals surface area contributed by atoms with Crippen LogP contribution >= 0.6 is 0 Å². The summed E-state index contributed by atoms with van der Waals surface area (Å²) >= 11 is 0. The van der Waals surface area contributed by atoms with Gasteiger partial charge in [-0.25, -0.2) is 0 Å². The van der Waals surface area contributed by atoms with E-state index in [1.807, 2.05) is 72.9 Å². The van der Waals surface area contributed by atoms with Gasteiger partial charge in [-0.3, -0.25) is 9.59 Å². The molecule has 1 fully saturated rings. The minimum Gasteiger partial charge on any atom is -0.454 e. The highest BCUT2D eigenvalue weighted by atomic mass is 16.7. The van der Waals surface area contributed by atoms with E-state index < -0.39 is 67.4 Å². The second-order valence-electron chi connectivity index (χ2n) is 19.8. The van der Waals surface area contributed by atoms with Crippen LogP contribution in [0.15, 0.2) is 146 Å². The quantitative estimate of drug-likeness (QED) is 0.0149. The predicted molar refractivity (Wildman–Crippen MR) is 319 cm³/mol.